The molecular formula is C15H14N4O. The normalized spacial score (nSPS) is 12.2. The Bertz CT molecular complexity index is 667. The number of nitrogens with two attached hydrogens (primary N) is 1. The molecule has 0 aliphatic heterocycles. The van der Waals surface area contributed by atoms with Gasteiger partial charge in [-0.15, -0.1) is 0 Å². The molecule has 5 heteroatoms. The minimum Gasteiger partial charge on any atom is -0.338 e. The summed E-state index contributed by atoms with van der Waals surface area (Å²) in [5, 5.41) is 3.98. The van der Waals surface area contributed by atoms with E-state index < -0.39 is 0 Å². The van der Waals surface area contributed by atoms with Crippen molar-refractivity contribution in [1.82, 2.24) is 15.1 Å². The highest BCUT2D eigenvalue weighted by molar-refractivity contribution is 5.47. The maximum atomic E-state index is 5.84. The molecule has 5 nitrogen and oxygen atoms in total. The molecule has 0 spiro atoms. The van der Waals surface area contributed by atoms with Gasteiger partial charge in [0.15, 0.2) is 0 Å². The van der Waals surface area contributed by atoms with E-state index in [1.54, 1.807) is 6.20 Å². The van der Waals surface area contributed by atoms with Gasteiger partial charge in [0.05, 0.1) is 5.92 Å². The summed E-state index contributed by atoms with van der Waals surface area (Å²) in [5.41, 5.74) is 7.59. The van der Waals surface area contributed by atoms with Crippen molar-refractivity contribution in [3.8, 4) is 11.5 Å². The standard InChI is InChI=1S/C15H14N4O/c16-10-12(11-6-2-1-3-7-11)15-18-14(19-20-15)13-8-4-5-9-17-13/h1-9,12H,10,16H2. The zero-order chi connectivity index (χ0) is 13.8. The van der Waals surface area contributed by atoms with Crippen molar-refractivity contribution in [3.05, 3.63) is 66.2 Å². The fourth-order valence-corrected chi connectivity index (χ4v) is 2.04. The summed E-state index contributed by atoms with van der Waals surface area (Å²) >= 11 is 0. The summed E-state index contributed by atoms with van der Waals surface area (Å²) in [6.07, 6.45) is 1.70. The van der Waals surface area contributed by atoms with Gasteiger partial charge in [0.25, 0.3) is 0 Å². The lowest BCUT2D eigenvalue weighted by Gasteiger charge is -2.09. The van der Waals surface area contributed by atoms with Crippen LogP contribution in [0.3, 0.4) is 0 Å². The molecule has 1 atom stereocenters. The Kier molecular flexibility index (Phi) is 3.52. The monoisotopic (exact) mass is 266 g/mol. The van der Waals surface area contributed by atoms with Crippen LogP contribution in [0.4, 0.5) is 0 Å². The van der Waals surface area contributed by atoms with E-state index in [1.807, 2.05) is 48.5 Å². The fourth-order valence-electron chi connectivity index (χ4n) is 2.04. The highest BCUT2D eigenvalue weighted by Gasteiger charge is 2.20. The summed E-state index contributed by atoms with van der Waals surface area (Å²) in [5.74, 6) is 0.899. The molecule has 2 N–H and O–H groups in total. The van der Waals surface area contributed by atoms with Gasteiger partial charge >= 0.3 is 0 Å². The van der Waals surface area contributed by atoms with Crippen molar-refractivity contribution in [3.63, 3.8) is 0 Å². The quantitative estimate of drug-likeness (QED) is 0.783. The molecule has 0 saturated carbocycles. The topological polar surface area (TPSA) is 77.8 Å². The first-order valence-corrected chi connectivity index (χ1v) is 6.38. The second-order valence-corrected chi connectivity index (χ2v) is 4.37. The van der Waals surface area contributed by atoms with Crippen LogP contribution in [0.2, 0.25) is 0 Å². The van der Waals surface area contributed by atoms with Crippen LogP contribution in [0.15, 0.2) is 59.3 Å². The van der Waals surface area contributed by atoms with Gasteiger partial charge in [-0.1, -0.05) is 41.6 Å². The van der Waals surface area contributed by atoms with Gasteiger partial charge in [-0.2, -0.15) is 4.98 Å². The van der Waals surface area contributed by atoms with Gasteiger partial charge in [-0.25, -0.2) is 0 Å². The van der Waals surface area contributed by atoms with Crippen LogP contribution in [0, 0.1) is 0 Å². The first-order chi connectivity index (χ1) is 9.88. The van der Waals surface area contributed by atoms with E-state index in [2.05, 4.69) is 15.1 Å². The summed E-state index contributed by atoms with van der Waals surface area (Å²) in [6, 6.07) is 15.5. The van der Waals surface area contributed by atoms with Crippen molar-refractivity contribution >= 4 is 0 Å². The molecule has 3 rings (SSSR count). The maximum Gasteiger partial charge on any atom is 0.235 e. The van der Waals surface area contributed by atoms with Gasteiger partial charge in [0.2, 0.25) is 11.7 Å². The highest BCUT2D eigenvalue weighted by atomic mass is 16.5. The lowest BCUT2D eigenvalue weighted by Crippen LogP contribution is -2.14. The number of benzene rings is 1. The van der Waals surface area contributed by atoms with Gasteiger partial charge in [0.1, 0.15) is 5.69 Å². The number of hydrogen-bond acceptors (Lipinski definition) is 5. The van der Waals surface area contributed by atoms with Crippen molar-refractivity contribution in [2.45, 2.75) is 5.92 Å². The van der Waals surface area contributed by atoms with Crippen molar-refractivity contribution in [1.29, 1.82) is 0 Å². The van der Waals surface area contributed by atoms with E-state index in [4.69, 9.17) is 10.3 Å². The zero-order valence-electron chi connectivity index (χ0n) is 10.8. The van der Waals surface area contributed by atoms with Crippen LogP contribution in [-0.4, -0.2) is 21.7 Å². The van der Waals surface area contributed by atoms with Gasteiger partial charge in [-0.05, 0) is 17.7 Å². The molecule has 0 aliphatic rings. The molecule has 1 aromatic carbocycles. The number of pyridine rings is 1. The summed E-state index contributed by atoms with van der Waals surface area (Å²) in [6.45, 7) is 0.411. The Morgan fingerprint density at radius 2 is 1.85 bits per heavy atom. The molecular weight excluding hydrogens is 252 g/mol. The third-order valence-corrected chi connectivity index (χ3v) is 3.07. The van der Waals surface area contributed by atoms with E-state index in [9.17, 15) is 0 Å². The molecule has 2 heterocycles. The Balaban J connectivity index is 1.93. The van der Waals surface area contributed by atoms with Crippen LogP contribution in [0.5, 0.6) is 0 Å². The van der Waals surface area contributed by atoms with E-state index in [-0.39, 0.29) is 5.92 Å². The van der Waals surface area contributed by atoms with E-state index in [1.165, 1.54) is 0 Å². The minimum absolute atomic E-state index is 0.0961. The molecule has 1 unspecified atom stereocenters. The second-order valence-electron chi connectivity index (χ2n) is 4.37. The molecule has 0 aliphatic carbocycles. The Morgan fingerprint density at radius 3 is 2.55 bits per heavy atom. The van der Waals surface area contributed by atoms with Crippen LogP contribution in [0.25, 0.3) is 11.5 Å². The summed E-state index contributed by atoms with van der Waals surface area (Å²) < 4.78 is 5.35. The molecule has 0 bridgehead atoms. The van der Waals surface area contributed by atoms with Crippen LogP contribution < -0.4 is 5.73 Å². The molecule has 20 heavy (non-hydrogen) atoms. The maximum absolute atomic E-state index is 5.84. The average Bonchev–Trinajstić information content (AvgIpc) is 3.00. The summed E-state index contributed by atoms with van der Waals surface area (Å²) in [4.78, 5) is 8.61. The van der Waals surface area contributed by atoms with Crippen LogP contribution in [0.1, 0.15) is 17.4 Å². The molecule has 0 amide bonds. The Hall–Kier alpha value is -2.53. The van der Waals surface area contributed by atoms with Crippen LogP contribution >= 0.6 is 0 Å². The molecule has 0 saturated heterocycles. The predicted molar refractivity (Wildman–Crippen MR) is 74.9 cm³/mol. The number of hydrogen-bond donors (Lipinski definition) is 1. The number of rotatable bonds is 4. The van der Waals surface area contributed by atoms with Crippen molar-refractivity contribution < 1.29 is 4.52 Å². The number of nitrogens with zero attached hydrogens (tertiary/aromatic N) is 3. The van der Waals surface area contributed by atoms with Crippen molar-refractivity contribution in [2.75, 3.05) is 6.54 Å². The van der Waals surface area contributed by atoms with E-state index in [0.717, 1.165) is 5.56 Å². The molecule has 0 fully saturated rings. The highest BCUT2D eigenvalue weighted by Crippen LogP contribution is 2.23. The van der Waals surface area contributed by atoms with Crippen molar-refractivity contribution in [2.24, 2.45) is 5.73 Å². The first kappa shape index (κ1) is 12.5. The first-order valence-electron chi connectivity index (χ1n) is 6.38. The largest absolute Gasteiger partial charge is 0.338 e. The fraction of sp³-hybridized carbons (Fsp3) is 0.133. The van der Waals surface area contributed by atoms with Crippen LogP contribution in [-0.2, 0) is 0 Å². The van der Waals surface area contributed by atoms with E-state index in [0.29, 0.717) is 24.0 Å². The second kappa shape index (κ2) is 5.63. The van der Waals surface area contributed by atoms with Gasteiger partial charge < -0.3 is 10.3 Å². The van der Waals surface area contributed by atoms with Gasteiger partial charge in [0, 0.05) is 12.7 Å². The molecule has 0 radical (unpaired) electrons. The molecule has 2 aromatic heterocycles. The third kappa shape index (κ3) is 2.44. The third-order valence-electron chi connectivity index (χ3n) is 3.07. The van der Waals surface area contributed by atoms with Gasteiger partial charge in [-0.3, -0.25) is 4.98 Å². The molecule has 100 valence electrons. The minimum atomic E-state index is -0.0961. The zero-order valence-corrected chi connectivity index (χ0v) is 10.8. The summed E-state index contributed by atoms with van der Waals surface area (Å²) in [7, 11) is 0. The Morgan fingerprint density at radius 1 is 1.05 bits per heavy atom. The lowest BCUT2D eigenvalue weighted by molar-refractivity contribution is 0.367. The average molecular weight is 266 g/mol. The number of aromatic nitrogens is 3. The molecule has 3 aromatic rings. The lowest BCUT2D eigenvalue weighted by atomic mass is 9.99. The van der Waals surface area contributed by atoms with E-state index >= 15 is 0 Å². The predicted octanol–water partition coefficient (Wildman–Crippen LogP) is 2.22. The SMILES string of the molecule is NCC(c1ccccc1)c1nc(-c2ccccn2)no1. The Labute approximate surface area is 116 Å². The smallest absolute Gasteiger partial charge is 0.235 e.